The van der Waals surface area contributed by atoms with Crippen LogP contribution in [0.4, 0.5) is 0 Å². The molecular weight excluding hydrogens is 200 g/mol. The molecule has 0 aliphatic carbocycles. The summed E-state index contributed by atoms with van der Waals surface area (Å²) in [6.07, 6.45) is 1.01. The van der Waals surface area contributed by atoms with Crippen molar-refractivity contribution >= 4 is 23.1 Å². The Morgan fingerprint density at radius 2 is 2.21 bits per heavy atom. The summed E-state index contributed by atoms with van der Waals surface area (Å²) in [5, 5.41) is 2.79. The molecule has 4 nitrogen and oxygen atoms in total. The fourth-order valence-corrected chi connectivity index (χ4v) is 1.08. The van der Waals surface area contributed by atoms with E-state index in [-0.39, 0.29) is 5.91 Å². The molecule has 3 N–H and O–H groups in total. The van der Waals surface area contributed by atoms with Gasteiger partial charge in [0.05, 0.1) is 17.1 Å². The third kappa shape index (κ3) is 4.02. The Balaban J connectivity index is 4.18. The maximum Gasteiger partial charge on any atom is 0.223 e. The molecule has 0 aromatic rings. The first-order chi connectivity index (χ1) is 6.46. The zero-order chi connectivity index (χ0) is 11.2. The van der Waals surface area contributed by atoms with E-state index in [0.717, 1.165) is 0 Å². The molecule has 0 rings (SSSR count). The summed E-state index contributed by atoms with van der Waals surface area (Å²) in [4.78, 5) is 11.7. The molecule has 0 fully saturated rings. The molecule has 1 unspecified atom stereocenters. The van der Waals surface area contributed by atoms with Crippen molar-refractivity contribution in [1.82, 2.24) is 5.32 Å². The van der Waals surface area contributed by atoms with Gasteiger partial charge in [-0.2, -0.15) is 0 Å². The number of ether oxygens (including phenoxy) is 1. The number of hydrogen-bond acceptors (Lipinski definition) is 3. The second kappa shape index (κ2) is 5.93. The zero-order valence-corrected chi connectivity index (χ0v) is 9.74. The average Bonchev–Trinajstić information content (AvgIpc) is 2.14. The van der Waals surface area contributed by atoms with Gasteiger partial charge in [0.15, 0.2) is 0 Å². The molecule has 0 aromatic heterocycles. The quantitative estimate of drug-likeness (QED) is 0.641. The van der Waals surface area contributed by atoms with Crippen LogP contribution in [0.1, 0.15) is 26.7 Å². The molecule has 0 saturated heterocycles. The maximum absolute atomic E-state index is 11.4. The molecule has 0 spiro atoms. The molecule has 1 atom stereocenters. The van der Waals surface area contributed by atoms with Crippen LogP contribution in [0.5, 0.6) is 0 Å². The third-order valence-electron chi connectivity index (χ3n) is 2.20. The first-order valence-corrected chi connectivity index (χ1v) is 4.97. The largest absolute Gasteiger partial charge is 0.391 e. The molecule has 0 radical (unpaired) electrons. The fourth-order valence-electron chi connectivity index (χ4n) is 0.889. The van der Waals surface area contributed by atoms with E-state index in [2.05, 4.69) is 5.32 Å². The van der Waals surface area contributed by atoms with Gasteiger partial charge < -0.3 is 15.8 Å². The lowest BCUT2D eigenvalue weighted by Gasteiger charge is -2.28. The Morgan fingerprint density at radius 1 is 1.64 bits per heavy atom. The number of carbonyl (C=O) groups excluding carboxylic acids is 1. The predicted octanol–water partition coefficient (Wildman–Crippen LogP) is 0.594. The minimum Gasteiger partial charge on any atom is -0.391 e. The van der Waals surface area contributed by atoms with E-state index in [1.165, 1.54) is 0 Å². The molecule has 82 valence electrons. The lowest BCUT2D eigenvalue weighted by Crippen LogP contribution is -2.54. The van der Waals surface area contributed by atoms with Gasteiger partial charge in [0.2, 0.25) is 5.91 Å². The summed E-state index contributed by atoms with van der Waals surface area (Å²) >= 11 is 4.89. The molecule has 1 amide bonds. The van der Waals surface area contributed by atoms with Crippen LogP contribution in [-0.4, -0.2) is 30.2 Å². The first-order valence-electron chi connectivity index (χ1n) is 4.56. The molecule has 0 bridgehead atoms. The summed E-state index contributed by atoms with van der Waals surface area (Å²) in [7, 11) is 1.56. The van der Waals surface area contributed by atoms with Gasteiger partial charge in [0.25, 0.3) is 0 Å². The number of methoxy groups -OCH3 is 1. The minimum atomic E-state index is -0.583. The SMILES string of the molecule is CCC(C)(NC(=O)CCOC)C(N)=S. The van der Waals surface area contributed by atoms with Crippen LogP contribution >= 0.6 is 12.2 Å². The molecule has 0 saturated carbocycles. The van der Waals surface area contributed by atoms with Crippen molar-refractivity contribution in [2.75, 3.05) is 13.7 Å². The second-order valence-electron chi connectivity index (χ2n) is 3.34. The average molecular weight is 218 g/mol. The van der Waals surface area contributed by atoms with Crippen LogP contribution in [0.25, 0.3) is 0 Å². The number of thiocarbonyl (C=S) groups is 1. The molecule has 0 aliphatic heterocycles. The monoisotopic (exact) mass is 218 g/mol. The number of carbonyl (C=O) groups is 1. The van der Waals surface area contributed by atoms with Gasteiger partial charge >= 0.3 is 0 Å². The van der Waals surface area contributed by atoms with Crippen LogP contribution in [0.15, 0.2) is 0 Å². The van der Waals surface area contributed by atoms with E-state index in [0.29, 0.717) is 24.4 Å². The summed E-state index contributed by atoms with van der Waals surface area (Å²) in [6, 6.07) is 0. The maximum atomic E-state index is 11.4. The number of hydrogen-bond donors (Lipinski definition) is 2. The van der Waals surface area contributed by atoms with Crippen LogP contribution in [0, 0.1) is 0 Å². The van der Waals surface area contributed by atoms with Gasteiger partial charge in [-0.3, -0.25) is 4.79 Å². The van der Waals surface area contributed by atoms with Gasteiger partial charge in [0.1, 0.15) is 0 Å². The van der Waals surface area contributed by atoms with Crippen molar-refractivity contribution in [1.29, 1.82) is 0 Å². The Bertz CT molecular complexity index is 221. The van der Waals surface area contributed by atoms with Crippen molar-refractivity contribution in [3.63, 3.8) is 0 Å². The minimum absolute atomic E-state index is 0.0935. The lowest BCUT2D eigenvalue weighted by molar-refractivity contribution is -0.123. The zero-order valence-electron chi connectivity index (χ0n) is 8.92. The third-order valence-corrected chi connectivity index (χ3v) is 2.65. The van der Waals surface area contributed by atoms with Gasteiger partial charge in [-0.1, -0.05) is 19.1 Å². The van der Waals surface area contributed by atoms with Crippen molar-refractivity contribution in [2.24, 2.45) is 5.73 Å². The Labute approximate surface area is 90.2 Å². The van der Waals surface area contributed by atoms with Crippen molar-refractivity contribution in [3.8, 4) is 0 Å². The highest BCUT2D eigenvalue weighted by molar-refractivity contribution is 7.80. The number of nitrogens with two attached hydrogens (primary N) is 1. The van der Waals surface area contributed by atoms with Crippen LogP contribution < -0.4 is 11.1 Å². The van der Waals surface area contributed by atoms with Gasteiger partial charge in [-0.25, -0.2) is 0 Å². The number of nitrogens with one attached hydrogen (secondary N) is 1. The molecular formula is C9H18N2O2S. The summed E-state index contributed by atoms with van der Waals surface area (Å²) in [6.45, 7) is 4.15. The van der Waals surface area contributed by atoms with E-state index >= 15 is 0 Å². The highest BCUT2D eigenvalue weighted by Gasteiger charge is 2.26. The summed E-state index contributed by atoms with van der Waals surface area (Å²) < 4.78 is 4.80. The Kier molecular flexibility index (Phi) is 5.64. The normalized spacial score (nSPS) is 14.5. The molecule has 0 heterocycles. The molecule has 14 heavy (non-hydrogen) atoms. The molecule has 0 aliphatic rings. The fraction of sp³-hybridized carbons (Fsp3) is 0.778. The van der Waals surface area contributed by atoms with E-state index in [1.807, 2.05) is 13.8 Å². The summed E-state index contributed by atoms with van der Waals surface area (Å²) in [5.41, 5.74) is 4.96. The topological polar surface area (TPSA) is 64.3 Å². The Hall–Kier alpha value is -0.680. The van der Waals surface area contributed by atoms with E-state index < -0.39 is 5.54 Å². The van der Waals surface area contributed by atoms with Gasteiger partial charge in [0, 0.05) is 13.5 Å². The van der Waals surface area contributed by atoms with Crippen molar-refractivity contribution in [3.05, 3.63) is 0 Å². The van der Waals surface area contributed by atoms with E-state index in [9.17, 15) is 4.79 Å². The highest BCUT2D eigenvalue weighted by atomic mass is 32.1. The van der Waals surface area contributed by atoms with Crippen LogP contribution in [0.3, 0.4) is 0 Å². The van der Waals surface area contributed by atoms with Gasteiger partial charge in [-0.05, 0) is 13.3 Å². The van der Waals surface area contributed by atoms with E-state index in [1.54, 1.807) is 7.11 Å². The Morgan fingerprint density at radius 3 is 2.57 bits per heavy atom. The van der Waals surface area contributed by atoms with E-state index in [4.69, 9.17) is 22.7 Å². The lowest BCUT2D eigenvalue weighted by atomic mass is 9.99. The van der Waals surface area contributed by atoms with Gasteiger partial charge in [-0.15, -0.1) is 0 Å². The predicted molar refractivity (Wildman–Crippen MR) is 60.1 cm³/mol. The highest BCUT2D eigenvalue weighted by Crippen LogP contribution is 2.09. The molecule has 5 heteroatoms. The number of amides is 1. The standard InChI is InChI=1S/C9H18N2O2S/c1-4-9(2,8(10)14)11-7(12)5-6-13-3/h4-6H2,1-3H3,(H2,10,14)(H,11,12). The van der Waals surface area contributed by atoms with Crippen molar-refractivity contribution in [2.45, 2.75) is 32.2 Å². The van der Waals surface area contributed by atoms with Crippen molar-refractivity contribution < 1.29 is 9.53 Å². The first kappa shape index (κ1) is 13.3. The smallest absolute Gasteiger partial charge is 0.223 e. The molecule has 0 aromatic carbocycles. The number of rotatable bonds is 6. The summed E-state index contributed by atoms with van der Waals surface area (Å²) in [5.74, 6) is -0.0935. The van der Waals surface area contributed by atoms with Crippen LogP contribution in [0.2, 0.25) is 0 Å². The van der Waals surface area contributed by atoms with Crippen LogP contribution in [-0.2, 0) is 9.53 Å². The second-order valence-corrected chi connectivity index (χ2v) is 3.78.